The minimum atomic E-state index is -0.732. The van der Waals surface area contributed by atoms with Crippen LogP contribution in [0.1, 0.15) is 53.9 Å². The van der Waals surface area contributed by atoms with Gasteiger partial charge in [-0.1, -0.05) is 0 Å². The molecule has 0 bridgehead atoms. The summed E-state index contributed by atoms with van der Waals surface area (Å²) in [4.78, 5) is 34.2. The number of nitro groups is 1. The van der Waals surface area contributed by atoms with E-state index in [4.69, 9.17) is 4.74 Å². The Hall–Kier alpha value is -1.90. The van der Waals surface area contributed by atoms with Gasteiger partial charge in [0.1, 0.15) is 6.10 Å². The van der Waals surface area contributed by atoms with Crippen molar-refractivity contribution in [3.05, 3.63) is 10.1 Å². The van der Waals surface area contributed by atoms with E-state index in [1.807, 2.05) is 20.8 Å². The molecule has 0 heterocycles. The largest absolute Gasteiger partial charge is 0.446 e. The van der Waals surface area contributed by atoms with Crippen LogP contribution in [0, 0.1) is 22.0 Å². The predicted molar refractivity (Wildman–Crippen MR) is 102 cm³/mol. The van der Waals surface area contributed by atoms with Gasteiger partial charge in [0.05, 0.1) is 5.92 Å². The monoisotopic (exact) mass is 386 g/mol. The summed E-state index contributed by atoms with van der Waals surface area (Å²) < 4.78 is 5.41. The van der Waals surface area contributed by atoms with Crippen LogP contribution in [0.5, 0.6) is 0 Å². The Labute approximate surface area is 161 Å². The van der Waals surface area contributed by atoms with Crippen molar-refractivity contribution in [3.8, 4) is 0 Å². The van der Waals surface area contributed by atoms with Gasteiger partial charge in [0.25, 0.3) is 0 Å². The predicted octanol–water partition coefficient (Wildman–Crippen LogP) is 1.69. The molecule has 1 saturated carbocycles. The molecule has 0 aliphatic heterocycles. The van der Waals surface area contributed by atoms with Crippen molar-refractivity contribution in [2.45, 2.75) is 71.6 Å². The number of carbonyl (C=O) groups excluding carboxylic acids is 2. The Morgan fingerprint density at radius 2 is 1.89 bits per heavy atom. The van der Waals surface area contributed by atoms with Crippen molar-refractivity contribution in [3.63, 3.8) is 0 Å². The molecule has 0 aromatic carbocycles. The first-order valence-corrected chi connectivity index (χ1v) is 9.57. The van der Waals surface area contributed by atoms with Crippen molar-refractivity contribution in [1.82, 2.24) is 16.0 Å². The van der Waals surface area contributed by atoms with E-state index in [-0.39, 0.29) is 28.2 Å². The Bertz CT molecular complexity index is 520. The molecule has 0 aromatic rings. The second kappa shape index (κ2) is 10.4. The Kier molecular flexibility index (Phi) is 8.95. The smallest absolute Gasteiger partial charge is 0.407 e. The van der Waals surface area contributed by atoms with Gasteiger partial charge in [-0.25, -0.2) is 4.79 Å². The van der Waals surface area contributed by atoms with Crippen molar-refractivity contribution in [2.24, 2.45) is 11.8 Å². The molecule has 1 rings (SSSR count). The highest BCUT2D eigenvalue weighted by Crippen LogP contribution is 2.34. The van der Waals surface area contributed by atoms with Crippen LogP contribution >= 0.6 is 0 Å². The number of amides is 2. The summed E-state index contributed by atoms with van der Waals surface area (Å²) in [7, 11) is 0. The Morgan fingerprint density at radius 3 is 2.44 bits per heavy atom. The van der Waals surface area contributed by atoms with Gasteiger partial charge in [0, 0.05) is 43.4 Å². The zero-order chi connectivity index (χ0) is 20.6. The molecule has 0 spiro atoms. The first-order chi connectivity index (χ1) is 12.5. The van der Waals surface area contributed by atoms with E-state index in [2.05, 4.69) is 16.0 Å². The van der Waals surface area contributed by atoms with Crippen LogP contribution in [0.15, 0.2) is 0 Å². The summed E-state index contributed by atoms with van der Waals surface area (Å²) in [6.07, 6.45) is 0.513. The molecule has 4 unspecified atom stereocenters. The van der Waals surface area contributed by atoms with Gasteiger partial charge in [-0.15, -0.1) is 0 Å². The van der Waals surface area contributed by atoms with E-state index in [0.717, 1.165) is 0 Å². The van der Waals surface area contributed by atoms with Crippen molar-refractivity contribution in [2.75, 3.05) is 19.6 Å². The van der Waals surface area contributed by atoms with Crippen LogP contribution in [0.4, 0.5) is 4.79 Å². The summed E-state index contributed by atoms with van der Waals surface area (Å²) in [5.74, 6) is -0.332. The zero-order valence-corrected chi connectivity index (χ0v) is 17.0. The quantitative estimate of drug-likeness (QED) is 0.331. The standard InChI is InChI=1S/C18H34N4O5/c1-12(27-17(24)19-8-9-21-18(3,4)5)15-10-14(11-20-13(2)23)6-7-16(15)22(25)26/h12,14-16,21H,6-11H2,1-5H3,(H,19,24)(H,20,23). The van der Waals surface area contributed by atoms with E-state index in [0.29, 0.717) is 38.9 Å². The summed E-state index contributed by atoms with van der Waals surface area (Å²) in [5.41, 5.74) is -0.0389. The number of hydrogen-bond acceptors (Lipinski definition) is 6. The van der Waals surface area contributed by atoms with Gasteiger partial charge in [-0.3, -0.25) is 14.9 Å². The van der Waals surface area contributed by atoms with Gasteiger partial charge in [-0.05, 0) is 46.5 Å². The second-order valence-electron chi connectivity index (χ2n) is 8.35. The average Bonchev–Trinajstić information content (AvgIpc) is 2.55. The molecule has 27 heavy (non-hydrogen) atoms. The Morgan fingerprint density at radius 1 is 1.22 bits per heavy atom. The zero-order valence-electron chi connectivity index (χ0n) is 17.0. The van der Waals surface area contributed by atoms with Gasteiger partial charge >= 0.3 is 6.09 Å². The summed E-state index contributed by atoms with van der Waals surface area (Å²) in [6.45, 7) is 10.8. The van der Waals surface area contributed by atoms with Crippen LogP contribution in [0.2, 0.25) is 0 Å². The van der Waals surface area contributed by atoms with Crippen molar-refractivity contribution in [1.29, 1.82) is 0 Å². The Balaban J connectivity index is 2.53. The fraction of sp³-hybridized carbons (Fsp3) is 0.889. The van der Waals surface area contributed by atoms with Crippen LogP contribution < -0.4 is 16.0 Å². The number of nitrogens with one attached hydrogen (secondary N) is 3. The highest BCUT2D eigenvalue weighted by atomic mass is 16.6. The number of carbonyl (C=O) groups is 2. The molecule has 0 radical (unpaired) electrons. The van der Waals surface area contributed by atoms with Gasteiger partial charge in [-0.2, -0.15) is 0 Å². The van der Waals surface area contributed by atoms with E-state index in [1.165, 1.54) is 6.92 Å². The first kappa shape index (κ1) is 23.1. The minimum absolute atomic E-state index is 0.0389. The van der Waals surface area contributed by atoms with Crippen LogP contribution in [0.25, 0.3) is 0 Å². The fourth-order valence-corrected chi connectivity index (χ4v) is 3.42. The van der Waals surface area contributed by atoms with Crippen LogP contribution in [-0.2, 0) is 9.53 Å². The van der Waals surface area contributed by atoms with E-state index in [9.17, 15) is 19.7 Å². The molecule has 0 saturated heterocycles. The lowest BCUT2D eigenvalue weighted by Gasteiger charge is -2.34. The van der Waals surface area contributed by atoms with Gasteiger partial charge in [0.15, 0.2) is 0 Å². The third-order valence-corrected chi connectivity index (χ3v) is 4.83. The molecule has 2 amide bonds. The highest BCUT2D eigenvalue weighted by Gasteiger charge is 2.42. The van der Waals surface area contributed by atoms with E-state index in [1.54, 1.807) is 6.92 Å². The fourth-order valence-electron chi connectivity index (χ4n) is 3.42. The number of alkyl carbamates (subject to hydrolysis) is 1. The lowest BCUT2D eigenvalue weighted by molar-refractivity contribution is -0.538. The number of rotatable bonds is 8. The SMILES string of the molecule is CC(=O)NCC1CCC([N+](=O)[O-])C(C(C)OC(=O)NCCNC(C)(C)C)C1. The summed E-state index contributed by atoms with van der Waals surface area (Å²) in [5, 5.41) is 20.1. The topological polar surface area (TPSA) is 123 Å². The minimum Gasteiger partial charge on any atom is -0.446 e. The number of ether oxygens (including phenoxy) is 1. The molecular weight excluding hydrogens is 352 g/mol. The molecule has 9 nitrogen and oxygen atoms in total. The summed E-state index contributed by atoms with van der Waals surface area (Å²) >= 11 is 0. The molecule has 1 aliphatic rings. The maximum absolute atomic E-state index is 12.0. The molecule has 3 N–H and O–H groups in total. The van der Waals surface area contributed by atoms with Gasteiger partial charge in [0.2, 0.25) is 11.9 Å². The highest BCUT2D eigenvalue weighted by molar-refractivity contribution is 5.72. The van der Waals surface area contributed by atoms with Crippen LogP contribution in [-0.4, -0.2) is 54.2 Å². The molecule has 0 aromatic heterocycles. The third-order valence-electron chi connectivity index (χ3n) is 4.83. The summed E-state index contributed by atoms with van der Waals surface area (Å²) in [6, 6.07) is -0.732. The maximum Gasteiger partial charge on any atom is 0.407 e. The van der Waals surface area contributed by atoms with Crippen molar-refractivity contribution < 1.29 is 19.2 Å². The van der Waals surface area contributed by atoms with Crippen LogP contribution in [0.3, 0.4) is 0 Å². The molecule has 1 aliphatic carbocycles. The number of hydrogen-bond donors (Lipinski definition) is 3. The maximum atomic E-state index is 12.0. The molecule has 9 heteroatoms. The third kappa shape index (κ3) is 9.03. The van der Waals surface area contributed by atoms with Gasteiger partial charge < -0.3 is 20.7 Å². The van der Waals surface area contributed by atoms with E-state index >= 15 is 0 Å². The normalized spacial score (nSPS) is 24.0. The van der Waals surface area contributed by atoms with E-state index < -0.39 is 18.2 Å². The van der Waals surface area contributed by atoms with Crippen molar-refractivity contribution >= 4 is 12.0 Å². The molecular formula is C18H34N4O5. The average molecular weight is 386 g/mol. The molecule has 1 fully saturated rings. The number of nitrogens with zero attached hydrogens (tertiary/aromatic N) is 1. The lowest BCUT2D eigenvalue weighted by Crippen LogP contribution is -2.46. The molecule has 156 valence electrons. The lowest BCUT2D eigenvalue weighted by atomic mass is 9.75. The first-order valence-electron chi connectivity index (χ1n) is 9.57. The second-order valence-corrected chi connectivity index (χ2v) is 8.35. The molecule has 4 atom stereocenters.